The van der Waals surface area contributed by atoms with Gasteiger partial charge < -0.3 is 10.2 Å². The molecule has 1 aliphatic rings. The summed E-state index contributed by atoms with van der Waals surface area (Å²) >= 11 is 5.77. The Hall–Kier alpha value is -1.55. The van der Waals surface area contributed by atoms with Gasteiger partial charge in [0.25, 0.3) is 0 Å². The Morgan fingerprint density at radius 3 is 2.70 bits per heavy atom. The smallest absolute Gasteiger partial charge is 0.233 e. The molecule has 108 valence electrons. The molecule has 2 amide bonds. The van der Waals surface area contributed by atoms with E-state index in [0.717, 1.165) is 25.9 Å². The van der Waals surface area contributed by atoms with Crippen LogP contribution in [0.25, 0.3) is 0 Å². The van der Waals surface area contributed by atoms with Gasteiger partial charge in [0.15, 0.2) is 0 Å². The van der Waals surface area contributed by atoms with Gasteiger partial charge in [0.1, 0.15) is 6.42 Å². The van der Waals surface area contributed by atoms with Crippen molar-refractivity contribution >= 4 is 29.1 Å². The molecule has 0 spiro atoms. The summed E-state index contributed by atoms with van der Waals surface area (Å²) in [6.45, 7) is 3.65. The highest BCUT2D eigenvalue weighted by atomic mass is 35.5. The van der Waals surface area contributed by atoms with E-state index in [2.05, 4.69) is 12.2 Å². The zero-order chi connectivity index (χ0) is 14.5. The molecule has 5 heteroatoms. The number of likely N-dealkylation sites (tertiary alicyclic amines) is 1. The maximum absolute atomic E-state index is 12.0. The lowest BCUT2D eigenvalue weighted by Crippen LogP contribution is -2.40. The first kappa shape index (κ1) is 14.9. The summed E-state index contributed by atoms with van der Waals surface area (Å²) in [5.41, 5.74) is 0.652. The third kappa shape index (κ3) is 4.23. The van der Waals surface area contributed by atoms with Crippen molar-refractivity contribution in [3.05, 3.63) is 29.3 Å². The number of rotatable bonds is 3. The zero-order valence-corrected chi connectivity index (χ0v) is 12.3. The lowest BCUT2D eigenvalue weighted by molar-refractivity contribution is -0.136. The van der Waals surface area contributed by atoms with E-state index in [0.29, 0.717) is 16.6 Å². The van der Waals surface area contributed by atoms with Gasteiger partial charge in [0.05, 0.1) is 0 Å². The fraction of sp³-hybridized carbons (Fsp3) is 0.467. The summed E-state index contributed by atoms with van der Waals surface area (Å²) in [6, 6.07) is 6.83. The topological polar surface area (TPSA) is 49.4 Å². The third-order valence-electron chi connectivity index (χ3n) is 3.45. The predicted molar refractivity (Wildman–Crippen MR) is 79.7 cm³/mol. The van der Waals surface area contributed by atoms with Gasteiger partial charge in [-0.1, -0.05) is 18.5 Å². The van der Waals surface area contributed by atoms with Crippen LogP contribution < -0.4 is 5.32 Å². The molecular weight excluding hydrogens is 276 g/mol. The normalized spacial score (nSPS) is 18.7. The van der Waals surface area contributed by atoms with Crippen LogP contribution in [0.3, 0.4) is 0 Å². The van der Waals surface area contributed by atoms with Crippen molar-refractivity contribution in [2.45, 2.75) is 26.2 Å². The van der Waals surface area contributed by atoms with E-state index in [4.69, 9.17) is 11.6 Å². The minimum atomic E-state index is -0.282. The van der Waals surface area contributed by atoms with Crippen LogP contribution in [0.1, 0.15) is 26.2 Å². The van der Waals surface area contributed by atoms with Gasteiger partial charge in [-0.05, 0) is 43.0 Å². The highest BCUT2D eigenvalue weighted by Crippen LogP contribution is 2.17. The van der Waals surface area contributed by atoms with E-state index in [1.165, 1.54) is 0 Å². The number of amides is 2. The minimum Gasteiger partial charge on any atom is -0.342 e. The van der Waals surface area contributed by atoms with Crippen LogP contribution in [0.4, 0.5) is 5.69 Å². The minimum absolute atomic E-state index is 0.0944. The Kier molecular flexibility index (Phi) is 5.01. The van der Waals surface area contributed by atoms with E-state index in [-0.39, 0.29) is 18.2 Å². The summed E-state index contributed by atoms with van der Waals surface area (Å²) in [7, 11) is 0. The molecule has 0 aromatic heterocycles. The van der Waals surface area contributed by atoms with E-state index >= 15 is 0 Å². The Balaban J connectivity index is 1.84. The first-order chi connectivity index (χ1) is 9.54. The maximum atomic E-state index is 12.0. The molecule has 20 heavy (non-hydrogen) atoms. The first-order valence-electron chi connectivity index (χ1n) is 6.88. The predicted octanol–water partition coefficient (Wildman–Crippen LogP) is 2.93. The number of carbonyl (C=O) groups excluding carboxylic acids is 2. The summed E-state index contributed by atoms with van der Waals surface area (Å²) in [4.78, 5) is 25.7. The van der Waals surface area contributed by atoms with Crippen LogP contribution in [-0.2, 0) is 9.59 Å². The van der Waals surface area contributed by atoms with Crippen molar-refractivity contribution in [3.8, 4) is 0 Å². The molecule has 0 bridgehead atoms. The standard InChI is InChI=1S/C15H19ClN2O2/c1-11-3-2-8-18(10-11)15(20)9-14(19)17-13-6-4-12(16)5-7-13/h4-7,11H,2-3,8-10H2,1H3,(H,17,19). The molecule has 0 aliphatic carbocycles. The highest BCUT2D eigenvalue weighted by Gasteiger charge is 2.22. The number of benzene rings is 1. The SMILES string of the molecule is CC1CCCN(C(=O)CC(=O)Nc2ccc(Cl)cc2)C1. The van der Waals surface area contributed by atoms with Crippen LogP contribution in [0, 0.1) is 5.92 Å². The van der Waals surface area contributed by atoms with Gasteiger partial charge in [0.2, 0.25) is 11.8 Å². The quantitative estimate of drug-likeness (QED) is 0.872. The van der Waals surface area contributed by atoms with Gasteiger partial charge in [-0.2, -0.15) is 0 Å². The van der Waals surface area contributed by atoms with Crippen molar-refractivity contribution in [1.29, 1.82) is 0 Å². The molecule has 1 aromatic rings. The van der Waals surface area contributed by atoms with Gasteiger partial charge in [-0.3, -0.25) is 9.59 Å². The Morgan fingerprint density at radius 2 is 2.05 bits per heavy atom. The van der Waals surface area contributed by atoms with Crippen LogP contribution in [0.15, 0.2) is 24.3 Å². The first-order valence-corrected chi connectivity index (χ1v) is 7.25. The number of nitrogens with one attached hydrogen (secondary N) is 1. The maximum Gasteiger partial charge on any atom is 0.233 e. The van der Waals surface area contributed by atoms with Crippen LogP contribution >= 0.6 is 11.6 Å². The van der Waals surface area contributed by atoms with Crippen molar-refractivity contribution in [2.75, 3.05) is 18.4 Å². The molecule has 1 fully saturated rings. The molecule has 1 unspecified atom stereocenters. The molecule has 0 radical (unpaired) electrons. The lowest BCUT2D eigenvalue weighted by atomic mass is 10.00. The zero-order valence-electron chi connectivity index (χ0n) is 11.6. The molecule has 1 aromatic carbocycles. The van der Waals surface area contributed by atoms with E-state index in [9.17, 15) is 9.59 Å². The van der Waals surface area contributed by atoms with Crippen molar-refractivity contribution in [2.24, 2.45) is 5.92 Å². The number of carbonyl (C=O) groups is 2. The second kappa shape index (κ2) is 6.75. The number of hydrogen-bond donors (Lipinski definition) is 1. The van der Waals surface area contributed by atoms with Crippen molar-refractivity contribution < 1.29 is 9.59 Å². The van der Waals surface area contributed by atoms with Gasteiger partial charge in [-0.25, -0.2) is 0 Å². The average Bonchev–Trinajstić information content (AvgIpc) is 2.41. The van der Waals surface area contributed by atoms with E-state index in [1.807, 2.05) is 0 Å². The van der Waals surface area contributed by atoms with Gasteiger partial charge in [-0.15, -0.1) is 0 Å². The summed E-state index contributed by atoms with van der Waals surface area (Å²) < 4.78 is 0. The molecule has 1 saturated heterocycles. The number of hydrogen-bond acceptors (Lipinski definition) is 2. The lowest BCUT2D eigenvalue weighted by Gasteiger charge is -2.30. The van der Waals surface area contributed by atoms with Crippen LogP contribution in [0.5, 0.6) is 0 Å². The molecule has 1 heterocycles. The molecule has 2 rings (SSSR count). The fourth-order valence-electron chi connectivity index (χ4n) is 2.40. The van der Waals surface area contributed by atoms with E-state index in [1.54, 1.807) is 29.2 Å². The van der Waals surface area contributed by atoms with Crippen molar-refractivity contribution in [1.82, 2.24) is 4.90 Å². The molecular formula is C15H19ClN2O2. The summed E-state index contributed by atoms with van der Waals surface area (Å²) in [5, 5.41) is 3.32. The highest BCUT2D eigenvalue weighted by molar-refractivity contribution is 6.30. The molecule has 1 atom stereocenters. The summed E-state index contributed by atoms with van der Waals surface area (Å²) in [5.74, 6) is 0.144. The van der Waals surface area contributed by atoms with Gasteiger partial charge in [0, 0.05) is 23.8 Å². The molecule has 1 aliphatic heterocycles. The summed E-state index contributed by atoms with van der Waals surface area (Å²) in [6.07, 6.45) is 2.07. The number of halogens is 1. The third-order valence-corrected chi connectivity index (χ3v) is 3.70. The number of nitrogens with zero attached hydrogens (tertiary/aromatic N) is 1. The molecule has 1 N–H and O–H groups in total. The fourth-order valence-corrected chi connectivity index (χ4v) is 2.53. The monoisotopic (exact) mass is 294 g/mol. The average molecular weight is 295 g/mol. The Bertz CT molecular complexity index is 487. The van der Waals surface area contributed by atoms with Gasteiger partial charge >= 0.3 is 0 Å². The largest absolute Gasteiger partial charge is 0.342 e. The van der Waals surface area contributed by atoms with Crippen LogP contribution in [0.2, 0.25) is 5.02 Å². The number of piperidine rings is 1. The second-order valence-corrected chi connectivity index (χ2v) is 5.76. The molecule has 0 saturated carbocycles. The number of anilines is 1. The second-order valence-electron chi connectivity index (χ2n) is 5.32. The Labute approximate surface area is 124 Å². The van der Waals surface area contributed by atoms with Crippen LogP contribution in [-0.4, -0.2) is 29.8 Å². The van der Waals surface area contributed by atoms with Crippen molar-refractivity contribution in [3.63, 3.8) is 0 Å². The molecule has 4 nitrogen and oxygen atoms in total. The van der Waals surface area contributed by atoms with E-state index < -0.39 is 0 Å². The Morgan fingerprint density at radius 1 is 1.35 bits per heavy atom.